The number of aromatic nitrogens is 4. The van der Waals surface area contributed by atoms with Crippen molar-refractivity contribution in [1.82, 2.24) is 19.2 Å². The average molecular weight is 359 g/mol. The van der Waals surface area contributed by atoms with E-state index in [-0.39, 0.29) is 17.2 Å². The molecule has 25 heavy (non-hydrogen) atoms. The van der Waals surface area contributed by atoms with Crippen LogP contribution in [0.25, 0.3) is 16.7 Å². The van der Waals surface area contributed by atoms with Crippen LogP contribution in [0.15, 0.2) is 47.3 Å². The highest BCUT2D eigenvalue weighted by atomic mass is 35.5. The van der Waals surface area contributed by atoms with Gasteiger partial charge in [0.25, 0.3) is 5.56 Å². The van der Waals surface area contributed by atoms with Gasteiger partial charge in [-0.05, 0) is 30.3 Å². The zero-order chi connectivity index (χ0) is 17.6. The van der Waals surface area contributed by atoms with E-state index in [4.69, 9.17) is 16.3 Å². The van der Waals surface area contributed by atoms with Gasteiger partial charge in [-0.1, -0.05) is 23.7 Å². The van der Waals surface area contributed by atoms with Crippen LogP contribution in [0.3, 0.4) is 0 Å². The number of nitrogens with zero attached hydrogens (tertiary/aromatic N) is 4. The van der Waals surface area contributed by atoms with Crippen molar-refractivity contribution in [1.29, 1.82) is 0 Å². The molecule has 2 heterocycles. The first-order valence-electron chi connectivity index (χ1n) is 7.46. The maximum Gasteiger partial charge on any atom is 0.262 e. The second-order valence-corrected chi connectivity index (χ2v) is 5.90. The molecule has 6 nitrogen and oxygen atoms in total. The Bertz CT molecular complexity index is 1170. The van der Waals surface area contributed by atoms with Crippen LogP contribution in [0.4, 0.5) is 4.39 Å². The topological polar surface area (TPSA) is 61.4 Å². The molecule has 0 N–H and O–H groups in total. The number of hydrogen-bond acceptors (Lipinski definition) is 4. The van der Waals surface area contributed by atoms with Gasteiger partial charge in [0, 0.05) is 7.05 Å². The molecule has 0 aliphatic carbocycles. The monoisotopic (exact) mass is 358 g/mol. The van der Waals surface area contributed by atoms with Gasteiger partial charge in [0.2, 0.25) is 5.78 Å². The molecule has 0 spiro atoms. The van der Waals surface area contributed by atoms with Crippen LogP contribution < -0.4 is 10.3 Å². The van der Waals surface area contributed by atoms with Gasteiger partial charge in [-0.15, -0.1) is 10.2 Å². The molecule has 2 aromatic carbocycles. The Morgan fingerprint density at radius 2 is 2.00 bits per heavy atom. The highest BCUT2D eigenvalue weighted by molar-refractivity contribution is 6.32. The fraction of sp³-hybridized carbons (Fsp3) is 0.118. The lowest BCUT2D eigenvalue weighted by Crippen LogP contribution is -2.20. The van der Waals surface area contributed by atoms with Crippen molar-refractivity contribution in [3.8, 4) is 5.75 Å². The second-order valence-electron chi connectivity index (χ2n) is 5.50. The lowest BCUT2D eigenvalue weighted by molar-refractivity contribution is 0.294. The van der Waals surface area contributed by atoms with Crippen molar-refractivity contribution in [2.45, 2.75) is 6.61 Å². The fourth-order valence-electron chi connectivity index (χ4n) is 2.72. The maximum atomic E-state index is 13.1. The maximum absolute atomic E-state index is 13.1. The predicted molar refractivity (Wildman–Crippen MR) is 91.5 cm³/mol. The SMILES string of the molecule is Cn1c(=O)c2ccccc2n2c(COc3ccc(F)cc3Cl)nnc12. The first-order valence-corrected chi connectivity index (χ1v) is 7.83. The Hall–Kier alpha value is -2.93. The summed E-state index contributed by atoms with van der Waals surface area (Å²) in [5.74, 6) is 0.815. The standard InChI is InChI=1S/C17H12ClFN4O2/c1-22-16(24)11-4-2-3-5-13(11)23-15(20-21-17(22)23)9-25-14-7-6-10(19)8-12(14)18/h2-8H,9H2,1H3. The molecule has 4 rings (SSSR count). The molecule has 0 bridgehead atoms. The molecule has 0 amide bonds. The zero-order valence-corrected chi connectivity index (χ0v) is 13.9. The quantitative estimate of drug-likeness (QED) is 0.565. The minimum atomic E-state index is -0.439. The molecule has 126 valence electrons. The molecule has 0 radical (unpaired) electrons. The third-order valence-corrected chi connectivity index (χ3v) is 4.24. The van der Waals surface area contributed by atoms with Crippen LogP contribution in [0, 0.1) is 5.82 Å². The Morgan fingerprint density at radius 3 is 2.80 bits per heavy atom. The van der Waals surface area contributed by atoms with E-state index in [2.05, 4.69) is 10.2 Å². The molecule has 8 heteroatoms. The summed E-state index contributed by atoms with van der Waals surface area (Å²) in [5, 5.41) is 8.93. The average Bonchev–Trinajstić information content (AvgIpc) is 3.03. The summed E-state index contributed by atoms with van der Waals surface area (Å²) in [5.41, 5.74) is 0.541. The van der Waals surface area contributed by atoms with E-state index >= 15 is 0 Å². The third-order valence-electron chi connectivity index (χ3n) is 3.94. The summed E-state index contributed by atoms with van der Waals surface area (Å²) in [4.78, 5) is 12.4. The molecule has 0 aliphatic rings. The van der Waals surface area contributed by atoms with E-state index in [1.54, 1.807) is 23.6 Å². The molecule has 2 aromatic heterocycles. The predicted octanol–water partition coefficient (Wildman–Crippen LogP) is 2.95. The van der Waals surface area contributed by atoms with Crippen molar-refractivity contribution in [3.63, 3.8) is 0 Å². The van der Waals surface area contributed by atoms with E-state index in [1.165, 1.54) is 22.8 Å². The van der Waals surface area contributed by atoms with Crippen molar-refractivity contribution in [2.24, 2.45) is 7.05 Å². The minimum absolute atomic E-state index is 0.0642. The molecule has 4 aromatic rings. The number of aryl methyl sites for hydroxylation is 1. The van der Waals surface area contributed by atoms with Crippen LogP contribution in [-0.2, 0) is 13.7 Å². The van der Waals surface area contributed by atoms with Crippen molar-refractivity contribution in [2.75, 3.05) is 0 Å². The molecular weight excluding hydrogens is 347 g/mol. The summed E-state index contributed by atoms with van der Waals surface area (Å²) < 4.78 is 22.0. The molecule has 0 saturated heterocycles. The summed E-state index contributed by atoms with van der Waals surface area (Å²) in [7, 11) is 1.64. The van der Waals surface area contributed by atoms with Gasteiger partial charge >= 0.3 is 0 Å². The number of rotatable bonds is 3. The Balaban J connectivity index is 1.82. The largest absolute Gasteiger partial charge is 0.484 e. The van der Waals surface area contributed by atoms with Crippen molar-refractivity contribution in [3.05, 3.63) is 69.5 Å². The van der Waals surface area contributed by atoms with Gasteiger partial charge < -0.3 is 4.74 Å². The fourth-order valence-corrected chi connectivity index (χ4v) is 2.94. The van der Waals surface area contributed by atoms with Gasteiger partial charge in [0.05, 0.1) is 15.9 Å². The number of hydrogen-bond donors (Lipinski definition) is 0. The second kappa shape index (κ2) is 5.86. The van der Waals surface area contributed by atoms with Gasteiger partial charge in [-0.3, -0.25) is 13.8 Å². The van der Waals surface area contributed by atoms with Crippen molar-refractivity contribution >= 4 is 28.3 Å². The first kappa shape index (κ1) is 15.6. The molecule has 0 aliphatic heterocycles. The minimum Gasteiger partial charge on any atom is -0.484 e. The van der Waals surface area contributed by atoms with E-state index < -0.39 is 5.82 Å². The van der Waals surface area contributed by atoms with E-state index in [0.29, 0.717) is 28.3 Å². The molecule has 0 atom stereocenters. The number of para-hydroxylation sites is 1. The number of ether oxygens (including phenoxy) is 1. The first-order chi connectivity index (χ1) is 12.1. The Kier molecular flexibility index (Phi) is 3.65. The van der Waals surface area contributed by atoms with E-state index in [1.807, 2.05) is 12.1 Å². The summed E-state index contributed by atoms with van der Waals surface area (Å²) >= 11 is 5.98. The summed E-state index contributed by atoms with van der Waals surface area (Å²) in [6, 6.07) is 11.1. The van der Waals surface area contributed by atoms with Gasteiger partial charge in [-0.2, -0.15) is 0 Å². The molecule has 0 unspecified atom stereocenters. The van der Waals surface area contributed by atoms with E-state index in [0.717, 1.165) is 0 Å². The molecule has 0 fully saturated rings. The van der Waals surface area contributed by atoms with Crippen LogP contribution in [0.2, 0.25) is 5.02 Å². The van der Waals surface area contributed by atoms with Crippen LogP contribution in [0.5, 0.6) is 5.75 Å². The van der Waals surface area contributed by atoms with Crippen LogP contribution >= 0.6 is 11.6 Å². The Labute approximate surface area is 146 Å². The highest BCUT2D eigenvalue weighted by Gasteiger charge is 2.15. The lowest BCUT2D eigenvalue weighted by atomic mass is 10.2. The molecule has 0 saturated carbocycles. The summed E-state index contributed by atoms with van der Waals surface area (Å²) in [6.07, 6.45) is 0. The van der Waals surface area contributed by atoms with Gasteiger partial charge in [0.15, 0.2) is 5.82 Å². The van der Waals surface area contributed by atoms with Gasteiger partial charge in [0.1, 0.15) is 18.2 Å². The number of halogens is 2. The van der Waals surface area contributed by atoms with Crippen LogP contribution in [-0.4, -0.2) is 19.2 Å². The smallest absolute Gasteiger partial charge is 0.262 e. The number of fused-ring (bicyclic) bond motifs is 3. The van der Waals surface area contributed by atoms with Gasteiger partial charge in [-0.25, -0.2) is 4.39 Å². The van der Waals surface area contributed by atoms with Crippen LogP contribution in [0.1, 0.15) is 5.82 Å². The summed E-state index contributed by atoms with van der Waals surface area (Å²) in [6.45, 7) is 0.0642. The molecular formula is C17H12ClFN4O2. The normalized spacial score (nSPS) is 11.3. The lowest BCUT2D eigenvalue weighted by Gasteiger charge is -2.09. The highest BCUT2D eigenvalue weighted by Crippen LogP contribution is 2.25. The van der Waals surface area contributed by atoms with E-state index in [9.17, 15) is 9.18 Å². The third kappa shape index (κ3) is 2.53. The Morgan fingerprint density at radius 1 is 1.20 bits per heavy atom. The van der Waals surface area contributed by atoms with Crippen molar-refractivity contribution < 1.29 is 9.13 Å². The number of benzene rings is 2. The zero-order valence-electron chi connectivity index (χ0n) is 13.1.